The third-order valence-electron chi connectivity index (χ3n) is 6.16. The first-order valence-corrected chi connectivity index (χ1v) is 11.3. The maximum absolute atomic E-state index is 13.2. The lowest BCUT2D eigenvalue weighted by Crippen LogP contribution is -2.38. The molecule has 9 heteroatoms. The Morgan fingerprint density at radius 1 is 1.03 bits per heavy atom. The van der Waals surface area contributed by atoms with Gasteiger partial charge in [-0.2, -0.15) is 0 Å². The molecule has 3 aromatic rings. The summed E-state index contributed by atoms with van der Waals surface area (Å²) in [5, 5.41) is 11.1. The number of nitro groups is 1. The molecule has 0 atom stereocenters. The van der Waals surface area contributed by atoms with E-state index in [2.05, 4.69) is 4.90 Å². The highest BCUT2D eigenvalue weighted by molar-refractivity contribution is 6.34. The molecule has 2 aliphatic heterocycles. The van der Waals surface area contributed by atoms with Gasteiger partial charge in [0.2, 0.25) is 0 Å². The van der Waals surface area contributed by atoms with Crippen LogP contribution in [0.4, 0.5) is 11.5 Å². The molecule has 1 saturated heterocycles. The topological polar surface area (TPSA) is 92.5 Å². The van der Waals surface area contributed by atoms with Crippen molar-refractivity contribution in [2.24, 2.45) is 0 Å². The quantitative estimate of drug-likeness (QED) is 0.417. The molecule has 8 nitrogen and oxygen atoms in total. The summed E-state index contributed by atoms with van der Waals surface area (Å²) in [6.45, 7) is 2.73. The molecular formula is C24H22ClN5O3. The highest BCUT2D eigenvalue weighted by atomic mass is 35.5. The Kier molecular flexibility index (Phi) is 5.68. The second-order valence-electron chi connectivity index (χ2n) is 8.25. The first kappa shape index (κ1) is 21.3. The van der Waals surface area contributed by atoms with Gasteiger partial charge >= 0.3 is 0 Å². The molecule has 3 heterocycles. The second-order valence-corrected chi connectivity index (χ2v) is 8.66. The number of halogens is 1. The normalized spacial score (nSPS) is 15.4. The van der Waals surface area contributed by atoms with Gasteiger partial charge in [-0.3, -0.25) is 14.9 Å². The smallest absolute Gasteiger partial charge is 0.270 e. The summed E-state index contributed by atoms with van der Waals surface area (Å²) in [6, 6.07) is 13.9. The van der Waals surface area contributed by atoms with Gasteiger partial charge in [-0.1, -0.05) is 41.9 Å². The Balaban J connectivity index is 1.49. The first-order chi connectivity index (χ1) is 16.0. The van der Waals surface area contributed by atoms with Crippen LogP contribution in [0.5, 0.6) is 0 Å². The predicted molar refractivity (Wildman–Crippen MR) is 125 cm³/mol. The number of fused-ring (bicyclic) bond motifs is 1. The monoisotopic (exact) mass is 463 g/mol. The van der Waals surface area contributed by atoms with Crippen molar-refractivity contribution >= 4 is 29.0 Å². The van der Waals surface area contributed by atoms with E-state index in [0.29, 0.717) is 25.3 Å². The van der Waals surface area contributed by atoms with Gasteiger partial charge in [-0.15, -0.1) is 0 Å². The molecule has 0 saturated carbocycles. The Morgan fingerprint density at radius 2 is 1.79 bits per heavy atom. The third-order valence-corrected chi connectivity index (χ3v) is 6.47. The van der Waals surface area contributed by atoms with Gasteiger partial charge in [0.1, 0.15) is 5.82 Å². The number of nitro benzene ring substituents is 1. The Labute approximate surface area is 196 Å². The second kappa shape index (κ2) is 8.78. The third kappa shape index (κ3) is 4.14. The highest BCUT2D eigenvalue weighted by Crippen LogP contribution is 2.33. The standard InChI is InChI=1S/C24H22ClN5O3/c25-20-14-17(30(32)33)8-9-18(20)24(31)29-13-10-21-19(15-29)23(28-11-4-5-12-28)27-22(26-21)16-6-2-1-3-7-16/h1-3,6-9,14H,4-5,10-13,15H2. The summed E-state index contributed by atoms with van der Waals surface area (Å²) in [5.74, 6) is 1.35. The molecule has 0 unspecified atom stereocenters. The minimum Gasteiger partial charge on any atom is -0.356 e. The van der Waals surface area contributed by atoms with Crippen molar-refractivity contribution in [2.75, 3.05) is 24.5 Å². The van der Waals surface area contributed by atoms with Gasteiger partial charge in [0.25, 0.3) is 11.6 Å². The number of hydrogen-bond acceptors (Lipinski definition) is 6. The molecule has 1 amide bonds. The average Bonchev–Trinajstić information content (AvgIpc) is 3.38. The molecular weight excluding hydrogens is 442 g/mol. The molecule has 5 rings (SSSR count). The molecule has 0 N–H and O–H groups in total. The molecule has 0 aliphatic carbocycles. The number of carbonyl (C=O) groups excluding carboxylic acids is 1. The maximum atomic E-state index is 13.2. The van der Waals surface area contributed by atoms with Crippen LogP contribution in [0.2, 0.25) is 5.02 Å². The molecule has 2 aromatic carbocycles. The fourth-order valence-electron chi connectivity index (χ4n) is 4.44. The van der Waals surface area contributed by atoms with Crippen molar-refractivity contribution in [3.05, 3.63) is 80.5 Å². The lowest BCUT2D eigenvalue weighted by atomic mass is 10.0. The molecule has 0 radical (unpaired) electrons. The van der Waals surface area contributed by atoms with Crippen LogP contribution in [0.3, 0.4) is 0 Å². The van der Waals surface area contributed by atoms with Crippen molar-refractivity contribution in [2.45, 2.75) is 25.8 Å². The molecule has 33 heavy (non-hydrogen) atoms. The van der Waals surface area contributed by atoms with Crippen molar-refractivity contribution in [1.82, 2.24) is 14.9 Å². The number of non-ortho nitro benzene ring substituents is 1. The molecule has 0 bridgehead atoms. The summed E-state index contributed by atoms with van der Waals surface area (Å²) in [4.78, 5) is 37.5. The lowest BCUT2D eigenvalue weighted by Gasteiger charge is -2.32. The van der Waals surface area contributed by atoms with E-state index in [1.807, 2.05) is 30.3 Å². The van der Waals surface area contributed by atoms with Gasteiger partial charge in [0.05, 0.1) is 27.7 Å². The zero-order chi connectivity index (χ0) is 22.9. The van der Waals surface area contributed by atoms with Crippen LogP contribution in [0.15, 0.2) is 48.5 Å². The Morgan fingerprint density at radius 3 is 2.48 bits per heavy atom. The van der Waals surface area contributed by atoms with Gasteiger partial charge in [0.15, 0.2) is 5.82 Å². The molecule has 1 aromatic heterocycles. The Hall–Kier alpha value is -3.52. The summed E-state index contributed by atoms with van der Waals surface area (Å²) in [5.41, 5.74) is 3.02. The number of amides is 1. The van der Waals surface area contributed by atoms with E-state index >= 15 is 0 Å². The van der Waals surface area contributed by atoms with E-state index in [4.69, 9.17) is 21.6 Å². The van der Waals surface area contributed by atoms with E-state index in [0.717, 1.165) is 48.6 Å². The highest BCUT2D eigenvalue weighted by Gasteiger charge is 2.30. The van der Waals surface area contributed by atoms with Crippen LogP contribution in [-0.4, -0.2) is 45.3 Å². The summed E-state index contributed by atoms with van der Waals surface area (Å²) >= 11 is 6.23. The SMILES string of the molecule is O=C(c1ccc([N+](=O)[O-])cc1Cl)N1CCc2nc(-c3ccccc3)nc(N3CCCC3)c2C1. The van der Waals surface area contributed by atoms with Gasteiger partial charge < -0.3 is 9.80 Å². The minimum atomic E-state index is -0.527. The summed E-state index contributed by atoms with van der Waals surface area (Å²) in [7, 11) is 0. The summed E-state index contributed by atoms with van der Waals surface area (Å²) in [6.07, 6.45) is 2.83. The summed E-state index contributed by atoms with van der Waals surface area (Å²) < 4.78 is 0. The zero-order valence-corrected chi connectivity index (χ0v) is 18.7. The van der Waals surface area contributed by atoms with E-state index in [1.165, 1.54) is 18.2 Å². The average molecular weight is 464 g/mol. The minimum absolute atomic E-state index is 0.0791. The number of rotatable bonds is 4. The molecule has 0 spiro atoms. The van der Waals surface area contributed by atoms with E-state index in [1.54, 1.807) is 4.90 Å². The maximum Gasteiger partial charge on any atom is 0.270 e. The van der Waals surface area contributed by atoms with Crippen LogP contribution in [0.25, 0.3) is 11.4 Å². The van der Waals surface area contributed by atoms with E-state index < -0.39 is 4.92 Å². The van der Waals surface area contributed by atoms with Gasteiger partial charge in [0, 0.05) is 49.3 Å². The fraction of sp³-hybridized carbons (Fsp3) is 0.292. The van der Waals surface area contributed by atoms with Crippen LogP contribution in [0, 0.1) is 10.1 Å². The first-order valence-electron chi connectivity index (χ1n) is 10.9. The number of hydrogen-bond donors (Lipinski definition) is 0. The van der Waals surface area contributed by atoms with Crippen molar-refractivity contribution < 1.29 is 9.72 Å². The van der Waals surface area contributed by atoms with Gasteiger partial charge in [-0.05, 0) is 18.9 Å². The van der Waals surface area contributed by atoms with E-state index in [-0.39, 0.29) is 22.2 Å². The van der Waals surface area contributed by atoms with Crippen molar-refractivity contribution in [3.8, 4) is 11.4 Å². The van der Waals surface area contributed by atoms with Crippen molar-refractivity contribution in [3.63, 3.8) is 0 Å². The fourth-order valence-corrected chi connectivity index (χ4v) is 4.69. The largest absolute Gasteiger partial charge is 0.356 e. The van der Waals surface area contributed by atoms with Crippen LogP contribution < -0.4 is 4.90 Å². The molecule has 168 valence electrons. The Bertz CT molecular complexity index is 1230. The predicted octanol–water partition coefficient (Wildman–Crippen LogP) is 4.50. The number of nitrogens with zero attached hydrogens (tertiary/aromatic N) is 5. The van der Waals surface area contributed by atoms with Crippen LogP contribution in [0.1, 0.15) is 34.5 Å². The number of carbonyl (C=O) groups is 1. The van der Waals surface area contributed by atoms with E-state index in [9.17, 15) is 14.9 Å². The number of anilines is 1. The van der Waals surface area contributed by atoms with Crippen LogP contribution >= 0.6 is 11.6 Å². The number of aromatic nitrogens is 2. The molecule has 1 fully saturated rings. The molecule has 2 aliphatic rings. The van der Waals surface area contributed by atoms with Crippen LogP contribution in [-0.2, 0) is 13.0 Å². The number of benzene rings is 2. The van der Waals surface area contributed by atoms with Crippen molar-refractivity contribution in [1.29, 1.82) is 0 Å². The zero-order valence-electron chi connectivity index (χ0n) is 17.9. The lowest BCUT2D eigenvalue weighted by molar-refractivity contribution is -0.384. The van der Waals surface area contributed by atoms with Gasteiger partial charge in [-0.25, -0.2) is 9.97 Å².